The molecule has 0 aliphatic heterocycles. The smallest absolute Gasteiger partial charge is 0.270 e. The minimum absolute atomic E-state index is 0.0372. The number of hydrogen-bond acceptors (Lipinski definition) is 5. The van der Waals surface area contributed by atoms with Gasteiger partial charge >= 0.3 is 0 Å². The lowest BCUT2D eigenvalue weighted by Gasteiger charge is -2.03. The Kier molecular flexibility index (Phi) is 5.41. The van der Waals surface area contributed by atoms with Crippen molar-refractivity contribution in [2.24, 2.45) is 15.3 Å². The number of para-hydroxylation sites is 1. The van der Waals surface area contributed by atoms with Crippen molar-refractivity contribution in [3.8, 4) is 0 Å². The van der Waals surface area contributed by atoms with Crippen molar-refractivity contribution in [2.45, 2.75) is 0 Å². The summed E-state index contributed by atoms with van der Waals surface area (Å²) < 4.78 is 0. The number of azo groups is 1. The highest BCUT2D eigenvalue weighted by Crippen LogP contribution is 2.17. The zero-order valence-corrected chi connectivity index (χ0v) is 13.7. The summed E-state index contributed by atoms with van der Waals surface area (Å²) in [6.07, 6.45) is 0. The maximum Gasteiger partial charge on any atom is 0.270 e. The molecule has 0 fully saturated rings. The van der Waals surface area contributed by atoms with Crippen LogP contribution in [0.15, 0.2) is 100 Å². The van der Waals surface area contributed by atoms with Crippen molar-refractivity contribution in [2.75, 3.05) is 5.43 Å². The fourth-order valence-corrected chi connectivity index (χ4v) is 2.13. The van der Waals surface area contributed by atoms with E-state index >= 15 is 0 Å². The van der Waals surface area contributed by atoms with Gasteiger partial charge in [-0.2, -0.15) is 5.10 Å². The van der Waals surface area contributed by atoms with E-state index in [9.17, 15) is 10.1 Å². The van der Waals surface area contributed by atoms with Crippen LogP contribution in [0.25, 0.3) is 0 Å². The highest BCUT2D eigenvalue weighted by atomic mass is 16.6. The lowest BCUT2D eigenvalue weighted by Crippen LogP contribution is -2.02. The highest BCUT2D eigenvalue weighted by molar-refractivity contribution is 6.00. The fourth-order valence-electron chi connectivity index (χ4n) is 2.13. The number of rotatable bonds is 5. The van der Waals surface area contributed by atoms with Gasteiger partial charge in [0.05, 0.1) is 16.3 Å². The molecule has 128 valence electrons. The number of benzene rings is 3. The molecule has 0 atom stereocenters. The molecule has 3 aromatic carbocycles. The van der Waals surface area contributed by atoms with Gasteiger partial charge in [0.15, 0.2) is 0 Å². The van der Waals surface area contributed by atoms with Gasteiger partial charge in [0.25, 0.3) is 5.69 Å². The Morgan fingerprint density at radius 3 is 2.27 bits per heavy atom. The average molecular weight is 345 g/mol. The largest absolute Gasteiger partial charge is 0.276 e. The summed E-state index contributed by atoms with van der Waals surface area (Å²) in [7, 11) is 0. The van der Waals surface area contributed by atoms with Crippen LogP contribution in [-0.4, -0.2) is 10.8 Å². The third-order valence-corrected chi connectivity index (χ3v) is 3.40. The number of nitrogens with one attached hydrogen (secondary N) is 1. The van der Waals surface area contributed by atoms with E-state index in [1.54, 1.807) is 24.3 Å². The molecule has 7 nitrogen and oxygen atoms in total. The molecule has 26 heavy (non-hydrogen) atoms. The minimum Gasteiger partial charge on any atom is -0.276 e. The monoisotopic (exact) mass is 345 g/mol. The van der Waals surface area contributed by atoms with Crippen LogP contribution in [-0.2, 0) is 0 Å². The van der Waals surface area contributed by atoms with Gasteiger partial charge < -0.3 is 0 Å². The van der Waals surface area contributed by atoms with Crippen molar-refractivity contribution in [3.05, 3.63) is 101 Å². The van der Waals surface area contributed by atoms with Crippen LogP contribution in [0.5, 0.6) is 0 Å². The number of hydrazone groups is 1. The molecule has 0 saturated carbocycles. The maximum absolute atomic E-state index is 11.0. The van der Waals surface area contributed by atoms with Crippen LogP contribution in [0.2, 0.25) is 0 Å². The molecule has 1 N–H and O–H groups in total. The summed E-state index contributed by atoms with van der Waals surface area (Å²) in [5.74, 6) is 0.237. The van der Waals surface area contributed by atoms with Crippen LogP contribution < -0.4 is 5.43 Å². The molecule has 0 aromatic heterocycles. The summed E-state index contributed by atoms with van der Waals surface area (Å²) >= 11 is 0. The normalized spacial score (nSPS) is 11.5. The number of nitrogens with zero attached hydrogens (tertiary/aromatic N) is 4. The second-order valence-corrected chi connectivity index (χ2v) is 5.26. The summed E-state index contributed by atoms with van der Waals surface area (Å²) in [4.78, 5) is 10.6. The number of hydrogen-bond donors (Lipinski definition) is 1. The quantitative estimate of drug-likeness (QED) is 0.228. The summed E-state index contributed by atoms with van der Waals surface area (Å²) in [6.45, 7) is 0. The Labute approximate surface area is 149 Å². The third-order valence-electron chi connectivity index (χ3n) is 3.40. The third kappa shape index (κ3) is 4.57. The second kappa shape index (κ2) is 8.29. The van der Waals surface area contributed by atoms with Gasteiger partial charge in [-0.15, -0.1) is 10.2 Å². The zero-order valence-electron chi connectivity index (χ0n) is 13.7. The van der Waals surface area contributed by atoms with Gasteiger partial charge in [0, 0.05) is 17.7 Å². The van der Waals surface area contributed by atoms with E-state index < -0.39 is 4.92 Å². The summed E-state index contributed by atoms with van der Waals surface area (Å²) in [5.41, 5.74) is 4.77. The number of non-ortho nitro benzene ring substituents is 1. The van der Waals surface area contributed by atoms with Crippen LogP contribution >= 0.6 is 0 Å². The van der Waals surface area contributed by atoms with Crippen LogP contribution in [0, 0.1) is 10.1 Å². The van der Waals surface area contributed by atoms with Gasteiger partial charge in [-0.05, 0) is 24.3 Å². The van der Waals surface area contributed by atoms with Gasteiger partial charge in [-0.3, -0.25) is 15.5 Å². The Morgan fingerprint density at radius 2 is 1.58 bits per heavy atom. The van der Waals surface area contributed by atoms with E-state index in [4.69, 9.17) is 0 Å². The molecular weight excluding hydrogens is 330 g/mol. The van der Waals surface area contributed by atoms with E-state index in [0.29, 0.717) is 11.3 Å². The first-order valence-electron chi connectivity index (χ1n) is 7.83. The molecule has 0 amide bonds. The van der Waals surface area contributed by atoms with Crippen molar-refractivity contribution in [1.82, 2.24) is 0 Å². The molecule has 0 bridgehead atoms. The van der Waals surface area contributed by atoms with Gasteiger partial charge in [0.2, 0.25) is 5.84 Å². The first-order valence-corrected chi connectivity index (χ1v) is 7.83. The van der Waals surface area contributed by atoms with Gasteiger partial charge in [-0.1, -0.05) is 48.5 Å². The van der Waals surface area contributed by atoms with E-state index in [1.807, 2.05) is 48.5 Å². The predicted octanol–water partition coefficient (Wildman–Crippen LogP) is 5.15. The van der Waals surface area contributed by atoms with E-state index in [1.165, 1.54) is 12.1 Å². The Morgan fingerprint density at radius 1 is 0.885 bits per heavy atom. The molecule has 0 heterocycles. The standard InChI is InChI=1S/C19H15N5O2/c25-24(26)18-13-7-8-15(14-18)19(22-20-16-9-3-1-4-10-16)23-21-17-11-5-2-6-12-17/h1-14,20H. The number of nitro benzene ring substituents is 1. The zero-order chi connectivity index (χ0) is 18.2. The summed E-state index contributed by atoms with van der Waals surface area (Å²) in [6, 6.07) is 24.6. The number of nitro groups is 1. The van der Waals surface area contributed by atoms with E-state index in [0.717, 1.165) is 5.69 Å². The first kappa shape index (κ1) is 17.0. The van der Waals surface area contributed by atoms with Crippen LogP contribution in [0.3, 0.4) is 0 Å². The minimum atomic E-state index is -0.458. The Balaban J connectivity index is 1.94. The van der Waals surface area contributed by atoms with Crippen molar-refractivity contribution in [1.29, 1.82) is 0 Å². The molecule has 3 rings (SSSR count). The Hall–Kier alpha value is -3.87. The molecule has 0 aliphatic carbocycles. The lowest BCUT2D eigenvalue weighted by molar-refractivity contribution is -0.384. The lowest BCUT2D eigenvalue weighted by atomic mass is 10.2. The average Bonchev–Trinajstić information content (AvgIpc) is 2.69. The van der Waals surface area contributed by atoms with Gasteiger partial charge in [0.1, 0.15) is 0 Å². The van der Waals surface area contributed by atoms with Crippen LogP contribution in [0.4, 0.5) is 17.1 Å². The topological polar surface area (TPSA) is 92.2 Å². The number of amidine groups is 1. The van der Waals surface area contributed by atoms with Crippen LogP contribution in [0.1, 0.15) is 5.56 Å². The first-order chi connectivity index (χ1) is 12.7. The van der Waals surface area contributed by atoms with Crippen molar-refractivity contribution >= 4 is 22.9 Å². The van der Waals surface area contributed by atoms with Crippen molar-refractivity contribution < 1.29 is 4.92 Å². The molecule has 0 spiro atoms. The molecule has 3 aromatic rings. The van der Waals surface area contributed by atoms with E-state index in [2.05, 4.69) is 20.8 Å². The molecule has 7 heteroatoms. The molecule has 0 aliphatic rings. The predicted molar refractivity (Wildman–Crippen MR) is 101 cm³/mol. The number of anilines is 1. The van der Waals surface area contributed by atoms with E-state index in [-0.39, 0.29) is 11.5 Å². The molecule has 0 unspecified atom stereocenters. The van der Waals surface area contributed by atoms with Crippen molar-refractivity contribution in [3.63, 3.8) is 0 Å². The molecule has 0 radical (unpaired) electrons. The fraction of sp³-hybridized carbons (Fsp3) is 0. The highest BCUT2D eigenvalue weighted by Gasteiger charge is 2.10. The maximum atomic E-state index is 11.0. The Bertz CT molecular complexity index is 940. The molecular formula is C19H15N5O2. The van der Waals surface area contributed by atoms with Gasteiger partial charge in [-0.25, -0.2) is 0 Å². The second-order valence-electron chi connectivity index (χ2n) is 5.26. The SMILES string of the molecule is O=[N+]([O-])c1cccc(C(N=Nc2ccccc2)=NNc2ccccc2)c1. The molecule has 0 saturated heterocycles. The summed E-state index contributed by atoms with van der Waals surface area (Å²) in [5, 5.41) is 23.6.